The van der Waals surface area contributed by atoms with Crippen molar-refractivity contribution < 1.29 is 26.4 Å². The van der Waals surface area contributed by atoms with E-state index in [0.29, 0.717) is 10.8 Å². The Hall–Kier alpha value is -1.36. The monoisotopic (exact) mass is 450 g/mol. The number of carbonyl (C=O) groups is 1. The average Bonchev–Trinajstić information content (AvgIpc) is 3.02. The molecule has 0 saturated carbocycles. The van der Waals surface area contributed by atoms with Crippen molar-refractivity contribution in [1.82, 2.24) is 9.21 Å². The Balaban J connectivity index is 1.56. The summed E-state index contributed by atoms with van der Waals surface area (Å²) in [6.07, 6.45) is -0.601. The Morgan fingerprint density at radius 3 is 2.50 bits per heavy atom. The van der Waals surface area contributed by atoms with Crippen molar-refractivity contribution >= 4 is 37.4 Å². The third kappa shape index (κ3) is 4.79. The summed E-state index contributed by atoms with van der Waals surface area (Å²) in [5.41, 5.74) is 0. The Labute approximate surface area is 170 Å². The highest BCUT2D eigenvalue weighted by atomic mass is 35.5. The van der Waals surface area contributed by atoms with Gasteiger partial charge in [0.15, 0.2) is 15.9 Å². The summed E-state index contributed by atoms with van der Waals surface area (Å²) in [6, 6.07) is 6.75. The van der Waals surface area contributed by atoms with Crippen LogP contribution in [0.3, 0.4) is 0 Å². The molecule has 1 aromatic rings. The van der Waals surface area contributed by atoms with E-state index in [4.69, 9.17) is 16.3 Å². The van der Waals surface area contributed by atoms with Crippen LogP contribution in [0.25, 0.3) is 0 Å². The van der Waals surface area contributed by atoms with Gasteiger partial charge in [-0.3, -0.25) is 4.79 Å². The van der Waals surface area contributed by atoms with Crippen molar-refractivity contribution in [3.8, 4) is 5.75 Å². The van der Waals surface area contributed by atoms with Crippen LogP contribution in [0.5, 0.6) is 5.75 Å². The molecular formula is C17H23ClN2O6S2. The van der Waals surface area contributed by atoms with E-state index in [9.17, 15) is 21.6 Å². The maximum absolute atomic E-state index is 12.7. The molecule has 2 saturated heterocycles. The molecular weight excluding hydrogens is 428 g/mol. The van der Waals surface area contributed by atoms with Crippen LogP contribution in [0.2, 0.25) is 5.02 Å². The molecule has 1 amide bonds. The zero-order chi connectivity index (χ0) is 20.5. The number of amides is 1. The second-order valence-corrected chi connectivity index (χ2v) is 11.9. The predicted octanol–water partition coefficient (Wildman–Crippen LogP) is 0.768. The van der Waals surface area contributed by atoms with E-state index in [1.165, 1.54) is 4.31 Å². The standard InChI is InChI=1S/C17H23ClN2O6S2/c1-13(26-15-4-2-3-14(18)11-15)17(21)19-6-8-20(9-7-19)28(24,25)16-5-10-27(22,23)12-16/h2-4,11,13,16H,5-10,12H2,1H3. The van der Waals surface area contributed by atoms with Crippen molar-refractivity contribution in [3.63, 3.8) is 0 Å². The summed E-state index contributed by atoms with van der Waals surface area (Å²) < 4.78 is 55.5. The molecule has 2 atom stereocenters. The third-order valence-corrected chi connectivity index (χ3v) is 9.52. The quantitative estimate of drug-likeness (QED) is 0.656. The van der Waals surface area contributed by atoms with Crippen molar-refractivity contribution in [2.75, 3.05) is 37.7 Å². The first-order valence-electron chi connectivity index (χ1n) is 8.99. The number of sulfone groups is 1. The lowest BCUT2D eigenvalue weighted by molar-refractivity contribution is -0.139. The van der Waals surface area contributed by atoms with E-state index in [2.05, 4.69) is 0 Å². The second kappa shape index (κ2) is 8.17. The van der Waals surface area contributed by atoms with Gasteiger partial charge in [-0.05, 0) is 31.5 Å². The number of halogens is 1. The van der Waals surface area contributed by atoms with Crippen LogP contribution in [0.4, 0.5) is 0 Å². The molecule has 8 nitrogen and oxygen atoms in total. The Kier molecular flexibility index (Phi) is 6.23. The van der Waals surface area contributed by atoms with Gasteiger partial charge in [-0.25, -0.2) is 16.8 Å². The summed E-state index contributed by atoms with van der Waals surface area (Å²) in [5, 5.41) is -0.380. The van der Waals surface area contributed by atoms with Gasteiger partial charge >= 0.3 is 0 Å². The van der Waals surface area contributed by atoms with Crippen LogP contribution in [0, 0.1) is 0 Å². The van der Waals surface area contributed by atoms with Crippen LogP contribution in [0.1, 0.15) is 13.3 Å². The van der Waals surface area contributed by atoms with Gasteiger partial charge in [-0.15, -0.1) is 0 Å². The van der Waals surface area contributed by atoms with Gasteiger partial charge < -0.3 is 9.64 Å². The first-order chi connectivity index (χ1) is 13.1. The minimum atomic E-state index is -3.69. The van der Waals surface area contributed by atoms with Crippen LogP contribution >= 0.6 is 11.6 Å². The summed E-state index contributed by atoms with van der Waals surface area (Å²) in [4.78, 5) is 14.2. The second-order valence-electron chi connectivity index (χ2n) is 7.01. The Bertz CT molecular complexity index is 942. The number of rotatable bonds is 5. The lowest BCUT2D eigenvalue weighted by Crippen LogP contribution is -2.54. The summed E-state index contributed by atoms with van der Waals surface area (Å²) in [7, 11) is -6.97. The van der Waals surface area contributed by atoms with Gasteiger partial charge in [0, 0.05) is 31.2 Å². The number of carbonyl (C=O) groups excluding carboxylic acids is 1. The van der Waals surface area contributed by atoms with Crippen molar-refractivity contribution in [3.05, 3.63) is 29.3 Å². The molecule has 28 heavy (non-hydrogen) atoms. The van der Waals surface area contributed by atoms with Gasteiger partial charge in [-0.2, -0.15) is 4.31 Å². The van der Waals surface area contributed by atoms with E-state index in [-0.39, 0.29) is 50.0 Å². The highest BCUT2D eigenvalue weighted by Crippen LogP contribution is 2.24. The molecule has 156 valence electrons. The average molecular weight is 451 g/mol. The number of nitrogens with zero attached hydrogens (tertiary/aromatic N) is 2. The zero-order valence-electron chi connectivity index (χ0n) is 15.5. The fourth-order valence-electron chi connectivity index (χ4n) is 3.42. The van der Waals surface area contributed by atoms with Crippen LogP contribution in [-0.2, 0) is 24.7 Å². The molecule has 0 bridgehead atoms. The lowest BCUT2D eigenvalue weighted by Gasteiger charge is -2.36. The number of piperazine rings is 1. The molecule has 11 heteroatoms. The minimum absolute atomic E-state index is 0.0896. The van der Waals surface area contributed by atoms with Crippen LogP contribution in [0.15, 0.2) is 24.3 Å². The van der Waals surface area contributed by atoms with E-state index in [1.807, 2.05) is 0 Å². The normalized spacial score (nSPS) is 24.1. The van der Waals surface area contributed by atoms with Crippen molar-refractivity contribution in [1.29, 1.82) is 0 Å². The largest absolute Gasteiger partial charge is 0.481 e. The van der Waals surface area contributed by atoms with E-state index in [0.717, 1.165) is 0 Å². The molecule has 0 aromatic heterocycles. The summed E-state index contributed by atoms with van der Waals surface area (Å²) >= 11 is 5.91. The fourth-order valence-corrected chi connectivity index (χ4v) is 8.11. The van der Waals surface area contributed by atoms with Gasteiger partial charge in [0.1, 0.15) is 5.75 Å². The van der Waals surface area contributed by atoms with Gasteiger partial charge in [0.05, 0.1) is 16.8 Å². The zero-order valence-corrected chi connectivity index (χ0v) is 17.8. The predicted molar refractivity (Wildman–Crippen MR) is 106 cm³/mol. The van der Waals surface area contributed by atoms with Crippen molar-refractivity contribution in [2.24, 2.45) is 0 Å². The molecule has 2 heterocycles. The molecule has 2 unspecified atom stereocenters. The van der Waals surface area contributed by atoms with Crippen molar-refractivity contribution in [2.45, 2.75) is 24.7 Å². The molecule has 2 aliphatic rings. The molecule has 0 aliphatic carbocycles. The molecule has 2 aliphatic heterocycles. The number of benzene rings is 1. The van der Waals surface area contributed by atoms with Crippen LogP contribution in [-0.4, -0.2) is 81.0 Å². The highest BCUT2D eigenvalue weighted by molar-refractivity contribution is 7.95. The Morgan fingerprint density at radius 2 is 1.93 bits per heavy atom. The number of sulfonamides is 1. The fraction of sp³-hybridized carbons (Fsp3) is 0.588. The van der Waals surface area contributed by atoms with E-state index >= 15 is 0 Å². The molecule has 1 aromatic carbocycles. The summed E-state index contributed by atoms with van der Waals surface area (Å²) in [6.45, 7) is 2.40. The maximum atomic E-state index is 12.7. The molecule has 0 N–H and O–H groups in total. The van der Waals surface area contributed by atoms with Gasteiger partial charge in [0.2, 0.25) is 10.0 Å². The number of hydrogen-bond acceptors (Lipinski definition) is 6. The van der Waals surface area contributed by atoms with E-state index in [1.54, 1.807) is 36.1 Å². The molecule has 0 radical (unpaired) electrons. The van der Waals surface area contributed by atoms with Gasteiger partial charge in [0.25, 0.3) is 5.91 Å². The number of ether oxygens (including phenoxy) is 1. The first-order valence-corrected chi connectivity index (χ1v) is 12.7. The highest BCUT2D eigenvalue weighted by Gasteiger charge is 2.41. The third-order valence-electron chi connectivity index (χ3n) is 4.98. The minimum Gasteiger partial charge on any atom is -0.481 e. The molecule has 3 rings (SSSR count). The molecule has 2 fully saturated rings. The topological polar surface area (TPSA) is 101 Å². The van der Waals surface area contributed by atoms with Gasteiger partial charge in [-0.1, -0.05) is 17.7 Å². The first kappa shape index (κ1) is 21.4. The van der Waals surface area contributed by atoms with E-state index < -0.39 is 31.2 Å². The number of hydrogen-bond donors (Lipinski definition) is 0. The lowest BCUT2D eigenvalue weighted by atomic mass is 10.2. The summed E-state index contributed by atoms with van der Waals surface area (Å²) in [5.74, 6) is -0.162. The smallest absolute Gasteiger partial charge is 0.263 e. The Morgan fingerprint density at radius 1 is 1.25 bits per heavy atom. The SMILES string of the molecule is CC(Oc1cccc(Cl)c1)C(=O)N1CCN(S(=O)(=O)C2CCS(=O)(=O)C2)CC1. The maximum Gasteiger partial charge on any atom is 0.263 e. The van der Waals surface area contributed by atoms with Crippen LogP contribution < -0.4 is 4.74 Å². The molecule has 0 spiro atoms.